The van der Waals surface area contributed by atoms with Crippen LogP contribution in [0.1, 0.15) is 25.1 Å². The molecule has 0 spiro atoms. The summed E-state index contributed by atoms with van der Waals surface area (Å²) >= 11 is 1.08. The summed E-state index contributed by atoms with van der Waals surface area (Å²) in [7, 11) is -2.37. The van der Waals surface area contributed by atoms with E-state index in [4.69, 9.17) is 0 Å². The first kappa shape index (κ1) is 23.7. The highest BCUT2D eigenvalue weighted by molar-refractivity contribution is 7.91. The average Bonchev–Trinajstić information content (AvgIpc) is 3.39. The van der Waals surface area contributed by atoms with Crippen LogP contribution >= 0.6 is 11.3 Å². The molecule has 8 nitrogen and oxygen atoms in total. The molecular formula is C18H23F3N4O4S2. The number of thiophene rings is 1. The Morgan fingerprint density at radius 1 is 1.42 bits per heavy atom. The van der Waals surface area contributed by atoms with E-state index in [2.05, 4.69) is 10.3 Å². The molecule has 0 aromatic carbocycles. The molecule has 1 fully saturated rings. The third kappa shape index (κ3) is 4.78. The van der Waals surface area contributed by atoms with Crippen LogP contribution in [0.15, 0.2) is 34.1 Å². The number of carbonyl (C=O) groups excluding carboxylic acids is 1. The fraction of sp³-hybridized carbons (Fsp3) is 0.556. The number of hydrogen-bond donors (Lipinski definition) is 2. The second-order valence-electron chi connectivity index (χ2n) is 7.40. The molecule has 2 aromatic rings. The van der Waals surface area contributed by atoms with Gasteiger partial charge >= 0.3 is 6.18 Å². The van der Waals surface area contributed by atoms with Gasteiger partial charge in [0.2, 0.25) is 11.5 Å². The van der Waals surface area contributed by atoms with Crippen molar-refractivity contribution in [1.82, 2.24) is 19.2 Å². The summed E-state index contributed by atoms with van der Waals surface area (Å²) in [5.74, 6) is -1.80. The van der Waals surface area contributed by atoms with Crippen molar-refractivity contribution in [2.24, 2.45) is 13.0 Å². The van der Waals surface area contributed by atoms with Crippen molar-refractivity contribution in [2.45, 2.75) is 35.2 Å². The van der Waals surface area contributed by atoms with Crippen LogP contribution in [0.4, 0.5) is 13.2 Å². The van der Waals surface area contributed by atoms with Gasteiger partial charge in [-0.3, -0.25) is 4.79 Å². The lowest BCUT2D eigenvalue weighted by atomic mass is 9.96. The van der Waals surface area contributed by atoms with Gasteiger partial charge in [-0.1, -0.05) is 6.07 Å². The van der Waals surface area contributed by atoms with E-state index < -0.39 is 52.4 Å². The quantitative estimate of drug-likeness (QED) is 0.629. The first-order chi connectivity index (χ1) is 14.5. The summed E-state index contributed by atoms with van der Waals surface area (Å²) < 4.78 is 68.5. The molecule has 0 bridgehead atoms. The van der Waals surface area contributed by atoms with E-state index in [-0.39, 0.29) is 17.3 Å². The Kier molecular flexibility index (Phi) is 6.79. The van der Waals surface area contributed by atoms with Crippen molar-refractivity contribution in [1.29, 1.82) is 0 Å². The Labute approximate surface area is 181 Å². The fourth-order valence-electron chi connectivity index (χ4n) is 3.57. The van der Waals surface area contributed by atoms with Gasteiger partial charge < -0.3 is 15.0 Å². The lowest BCUT2D eigenvalue weighted by Gasteiger charge is -2.32. The number of aliphatic hydroxyl groups is 1. The number of nitrogens with one attached hydrogen (secondary N) is 1. The zero-order valence-corrected chi connectivity index (χ0v) is 18.3. The Morgan fingerprint density at radius 2 is 2.16 bits per heavy atom. The van der Waals surface area contributed by atoms with Gasteiger partial charge in [0, 0.05) is 45.5 Å². The van der Waals surface area contributed by atoms with Crippen molar-refractivity contribution < 1.29 is 31.5 Å². The van der Waals surface area contributed by atoms with Crippen LogP contribution in [0.3, 0.4) is 0 Å². The molecule has 0 saturated carbocycles. The van der Waals surface area contributed by atoms with Gasteiger partial charge in [-0.15, -0.1) is 11.3 Å². The Hall–Kier alpha value is -1.96. The Morgan fingerprint density at radius 3 is 2.74 bits per heavy atom. The molecule has 0 aliphatic carbocycles. The predicted molar refractivity (Wildman–Crippen MR) is 107 cm³/mol. The normalized spacial score (nSPS) is 20.4. The third-order valence-electron chi connectivity index (χ3n) is 5.29. The molecule has 13 heteroatoms. The maximum absolute atomic E-state index is 13.6. The number of nitrogens with zero attached hydrogens (tertiary/aromatic N) is 3. The molecular weight excluding hydrogens is 457 g/mol. The summed E-state index contributed by atoms with van der Waals surface area (Å²) in [5.41, 5.74) is -3.22. The highest BCUT2D eigenvalue weighted by Crippen LogP contribution is 2.40. The SMILES string of the molecule is Cn1ccnc1C(O)(CCNC(=O)C1CCCN(S(=O)(=O)c2cccs2)C1)C(F)(F)F. The van der Waals surface area contributed by atoms with Crippen LogP contribution in [0, 0.1) is 5.92 Å². The first-order valence-electron chi connectivity index (χ1n) is 9.55. The number of amides is 1. The maximum atomic E-state index is 13.6. The van der Waals surface area contributed by atoms with E-state index in [9.17, 15) is 31.5 Å². The molecule has 2 aromatic heterocycles. The molecule has 1 aliphatic heterocycles. The molecule has 3 rings (SSSR count). The number of hydrogen-bond acceptors (Lipinski definition) is 6. The van der Waals surface area contributed by atoms with Gasteiger partial charge in [-0.05, 0) is 24.3 Å². The minimum absolute atomic E-state index is 0.0467. The van der Waals surface area contributed by atoms with Crippen molar-refractivity contribution >= 4 is 27.3 Å². The number of rotatable bonds is 7. The van der Waals surface area contributed by atoms with Gasteiger partial charge in [-0.25, -0.2) is 13.4 Å². The number of imidazole rings is 1. The molecule has 2 atom stereocenters. The number of aromatic nitrogens is 2. The summed E-state index contributed by atoms with van der Waals surface area (Å²) in [4.78, 5) is 16.1. The highest BCUT2D eigenvalue weighted by atomic mass is 32.2. The third-order valence-corrected chi connectivity index (χ3v) is 8.53. The van der Waals surface area contributed by atoms with Gasteiger partial charge in [0.25, 0.3) is 10.0 Å². The van der Waals surface area contributed by atoms with Crippen LogP contribution in [-0.2, 0) is 27.5 Å². The second kappa shape index (κ2) is 8.88. The van der Waals surface area contributed by atoms with Gasteiger partial charge in [0.1, 0.15) is 10.0 Å². The molecule has 0 radical (unpaired) electrons. The van der Waals surface area contributed by atoms with Crippen LogP contribution in [0.5, 0.6) is 0 Å². The number of aryl methyl sites for hydroxylation is 1. The van der Waals surface area contributed by atoms with Gasteiger partial charge in [0.15, 0.2) is 0 Å². The van der Waals surface area contributed by atoms with E-state index in [1.54, 1.807) is 11.4 Å². The molecule has 1 aliphatic rings. The van der Waals surface area contributed by atoms with Crippen molar-refractivity contribution in [3.05, 3.63) is 35.7 Å². The molecule has 2 unspecified atom stereocenters. The molecule has 2 N–H and O–H groups in total. The molecule has 1 amide bonds. The van der Waals surface area contributed by atoms with Gasteiger partial charge in [0.05, 0.1) is 5.92 Å². The second-order valence-corrected chi connectivity index (χ2v) is 10.5. The molecule has 1 saturated heterocycles. The van der Waals surface area contributed by atoms with Crippen molar-refractivity contribution in [3.8, 4) is 0 Å². The largest absolute Gasteiger partial charge is 0.424 e. The first-order valence-corrected chi connectivity index (χ1v) is 11.9. The summed E-state index contributed by atoms with van der Waals surface area (Å²) in [6.45, 7) is -0.220. The Balaban J connectivity index is 1.63. The smallest absolute Gasteiger partial charge is 0.374 e. The highest BCUT2D eigenvalue weighted by Gasteiger charge is 2.57. The minimum Gasteiger partial charge on any atom is -0.374 e. The lowest BCUT2D eigenvalue weighted by molar-refractivity contribution is -0.272. The number of piperidine rings is 1. The number of carbonyl (C=O) groups is 1. The number of sulfonamides is 1. The number of halogens is 3. The van der Waals surface area contributed by atoms with Gasteiger partial charge in [-0.2, -0.15) is 17.5 Å². The van der Waals surface area contributed by atoms with E-state index >= 15 is 0 Å². The minimum atomic E-state index is -4.99. The van der Waals surface area contributed by atoms with Crippen molar-refractivity contribution in [3.63, 3.8) is 0 Å². The van der Waals surface area contributed by atoms with E-state index in [0.29, 0.717) is 12.8 Å². The summed E-state index contributed by atoms with van der Waals surface area (Å²) in [5, 5.41) is 14.4. The van der Waals surface area contributed by atoms with E-state index in [0.717, 1.165) is 22.1 Å². The molecule has 3 heterocycles. The average molecular weight is 481 g/mol. The van der Waals surface area contributed by atoms with E-state index in [1.165, 1.54) is 23.6 Å². The topological polar surface area (TPSA) is 105 Å². The lowest BCUT2D eigenvalue weighted by Crippen LogP contribution is -2.48. The van der Waals surface area contributed by atoms with E-state index in [1.807, 2.05) is 0 Å². The summed E-state index contributed by atoms with van der Waals surface area (Å²) in [6.07, 6.45) is -2.50. The monoisotopic (exact) mass is 480 g/mol. The van der Waals surface area contributed by atoms with Crippen LogP contribution < -0.4 is 5.32 Å². The predicted octanol–water partition coefficient (Wildman–Crippen LogP) is 1.84. The molecule has 172 valence electrons. The molecule has 31 heavy (non-hydrogen) atoms. The summed E-state index contributed by atoms with van der Waals surface area (Å²) in [6, 6.07) is 3.11. The Bertz CT molecular complexity index is 1010. The van der Waals surface area contributed by atoms with Crippen LogP contribution in [0.25, 0.3) is 0 Å². The number of alkyl halides is 3. The maximum Gasteiger partial charge on any atom is 0.424 e. The standard InChI is InChI=1S/C18H23F3N4O4S2/c1-24-10-8-23-16(24)17(27,18(19,20)21)6-7-22-15(26)13-4-2-9-25(12-13)31(28,29)14-5-3-11-30-14/h3,5,8,10-11,13,27H,2,4,6-7,9,12H2,1H3,(H,22,26). The zero-order valence-electron chi connectivity index (χ0n) is 16.7. The van der Waals surface area contributed by atoms with Crippen molar-refractivity contribution in [2.75, 3.05) is 19.6 Å². The zero-order chi connectivity index (χ0) is 22.9. The van der Waals surface area contributed by atoms with Crippen LogP contribution in [-0.4, -0.2) is 59.1 Å². The van der Waals surface area contributed by atoms with Crippen LogP contribution in [0.2, 0.25) is 0 Å². The fourth-order valence-corrected chi connectivity index (χ4v) is 6.24.